The van der Waals surface area contributed by atoms with Gasteiger partial charge in [0, 0.05) is 89.7 Å². The number of nitrogens with zero attached hydrogens (tertiary/aromatic N) is 3. The monoisotopic (exact) mass is 1000 g/mol. The van der Waals surface area contributed by atoms with Gasteiger partial charge in [-0.3, -0.25) is 14.4 Å². The molecule has 7 aromatic rings. The molecule has 73 heavy (non-hydrogen) atoms. The minimum absolute atomic E-state index is 0.0837. The molecule has 3 aliphatic rings. The van der Waals surface area contributed by atoms with E-state index in [9.17, 15) is 24.0 Å². The molecule has 1 aromatic heterocycles. The number of alkyl carbamates (subject to hydrolysis) is 1. The van der Waals surface area contributed by atoms with E-state index in [1.165, 1.54) is 0 Å². The largest absolute Gasteiger partial charge is 0.449 e. The molecule has 374 valence electrons. The zero-order valence-electron chi connectivity index (χ0n) is 41.0. The Morgan fingerprint density at radius 3 is 2.11 bits per heavy atom. The van der Waals surface area contributed by atoms with E-state index >= 15 is 0 Å². The van der Waals surface area contributed by atoms with Crippen molar-refractivity contribution in [3.63, 3.8) is 0 Å². The second-order valence-corrected chi connectivity index (χ2v) is 20.0. The van der Waals surface area contributed by atoms with E-state index in [4.69, 9.17) is 25.8 Å². The second-order valence-electron chi connectivity index (χ2n) is 19.7. The van der Waals surface area contributed by atoms with Crippen molar-refractivity contribution in [3.8, 4) is 16.9 Å². The maximum absolute atomic E-state index is 14.4. The van der Waals surface area contributed by atoms with Crippen LogP contribution in [-0.4, -0.2) is 115 Å². The minimum atomic E-state index is -1.09. The van der Waals surface area contributed by atoms with Crippen molar-refractivity contribution in [2.75, 3.05) is 74.4 Å². The number of aromatic nitrogens is 1. The van der Waals surface area contributed by atoms with Gasteiger partial charge in [0.05, 0.1) is 17.9 Å². The number of anilines is 3. The number of nitrogens with one attached hydrogen (secondary N) is 4. The van der Waals surface area contributed by atoms with Gasteiger partial charge in [0.25, 0.3) is 11.8 Å². The second kappa shape index (κ2) is 20.4. The molecule has 16 heteroatoms. The lowest BCUT2D eigenvalue weighted by Crippen LogP contribution is -2.48. The van der Waals surface area contributed by atoms with Crippen LogP contribution >= 0.6 is 11.6 Å². The molecule has 0 unspecified atom stereocenters. The van der Waals surface area contributed by atoms with Gasteiger partial charge in [0.1, 0.15) is 24.1 Å². The van der Waals surface area contributed by atoms with E-state index in [0.29, 0.717) is 64.6 Å². The first-order chi connectivity index (χ1) is 35.2. The van der Waals surface area contributed by atoms with Crippen LogP contribution in [0.3, 0.4) is 0 Å². The van der Waals surface area contributed by atoms with Crippen LogP contribution in [0.4, 0.5) is 26.7 Å². The van der Waals surface area contributed by atoms with Crippen LogP contribution in [-0.2, 0) is 14.3 Å². The van der Waals surface area contributed by atoms with Gasteiger partial charge in [-0.1, -0.05) is 72.8 Å². The Bertz CT molecular complexity index is 3220. The number of alkyl halides is 1. The summed E-state index contributed by atoms with van der Waals surface area (Å²) in [5, 5.41) is 10.8. The summed E-state index contributed by atoms with van der Waals surface area (Å²) in [7, 11) is 2.02. The predicted octanol–water partition coefficient (Wildman–Crippen LogP) is 9.96. The Morgan fingerprint density at radius 1 is 0.767 bits per heavy atom. The van der Waals surface area contributed by atoms with Crippen LogP contribution in [0, 0.1) is 0 Å². The molecule has 1 fully saturated rings. The third-order valence-corrected chi connectivity index (χ3v) is 14.1. The minimum Gasteiger partial charge on any atom is -0.449 e. The molecule has 0 bridgehead atoms. The third-order valence-electron chi connectivity index (χ3n) is 13.7. The zero-order chi connectivity index (χ0) is 51.0. The standard InChI is InChI=1S/C57H56ClN7O8/c1-57(2,3)72-33-48(62-55(69)71-32-45-41-13-7-5-11-39(41)40-12-6-8-14-42(40)45)53(67)59-37-19-17-34(18-20-37)52(66)60-38-21-22-46-35(27-38)28-47(61-46)54(68)65-31-36(30-58)51-44-16-10-9-15-43(44)50(29-49(51)65)73-56(70)64-25-23-63(4)24-26-64/h5-22,27-29,36,45,48,61H,23-26,30-33H2,1-4H3,(H,59,67)(H,60,66)(H,62,69)/t36-,48+/m1/s1. The van der Waals surface area contributed by atoms with Crippen molar-refractivity contribution >= 4 is 80.2 Å². The summed E-state index contributed by atoms with van der Waals surface area (Å²) in [5.74, 6) is -0.856. The molecular formula is C57H56ClN7O8. The summed E-state index contributed by atoms with van der Waals surface area (Å²) in [6.07, 6.45) is -1.19. The molecular weight excluding hydrogens is 946 g/mol. The molecule has 2 atom stereocenters. The molecule has 15 nitrogen and oxygen atoms in total. The number of benzene rings is 6. The Kier molecular flexibility index (Phi) is 13.7. The van der Waals surface area contributed by atoms with Crippen molar-refractivity contribution in [3.05, 3.63) is 155 Å². The first-order valence-electron chi connectivity index (χ1n) is 24.4. The normalized spacial score (nSPS) is 15.9. The van der Waals surface area contributed by atoms with Crippen molar-refractivity contribution in [1.82, 2.24) is 20.1 Å². The summed E-state index contributed by atoms with van der Waals surface area (Å²) >= 11 is 6.57. The van der Waals surface area contributed by atoms with E-state index in [2.05, 4.69) is 38.0 Å². The SMILES string of the molecule is CN1CCN(C(=O)Oc2cc3c(c4ccccc24)[C@H](CCl)CN3C(=O)c2cc3cc(NC(=O)c4ccc(NC(=O)[C@H](COC(C)(C)C)NC(=O)OCC5c6ccccc6-c6ccccc65)cc4)ccc3[nH]2)CC1. The van der Waals surface area contributed by atoms with Crippen LogP contribution in [0.1, 0.15) is 70.1 Å². The number of piperazine rings is 1. The van der Waals surface area contributed by atoms with Crippen LogP contribution in [0.25, 0.3) is 32.8 Å². The van der Waals surface area contributed by atoms with Gasteiger partial charge < -0.3 is 49.8 Å². The lowest BCUT2D eigenvalue weighted by Gasteiger charge is -2.31. The van der Waals surface area contributed by atoms with Crippen molar-refractivity contribution in [2.45, 2.75) is 44.2 Å². The van der Waals surface area contributed by atoms with E-state index in [0.717, 1.165) is 51.7 Å². The number of likely N-dealkylation sites (N-methyl/N-ethyl adjacent to an activating group) is 1. The fraction of sp³-hybridized carbons (Fsp3) is 0.281. The van der Waals surface area contributed by atoms with Gasteiger partial charge in [0.15, 0.2) is 0 Å². The summed E-state index contributed by atoms with van der Waals surface area (Å²) in [4.78, 5) is 77.1. The van der Waals surface area contributed by atoms with Crippen molar-refractivity contribution in [1.29, 1.82) is 0 Å². The number of carbonyl (C=O) groups is 5. The molecule has 4 N–H and O–H groups in total. The molecule has 1 saturated heterocycles. The molecule has 0 radical (unpaired) electrons. The summed E-state index contributed by atoms with van der Waals surface area (Å²) in [5.41, 5.74) is 7.57. The van der Waals surface area contributed by atoms with Gasteiger partial charge in [-0.15, -0.1) is 11.6 Å². The number of fused-ring (bicyclic) bond motifs is 7. The molecule has 5 amide bonds. The fourth-order valence-corrected chi connectivity index (χ4v) is 10.1. The molecule has 10 rings (SSSR count). The van der Waals surface area contributed by atoms with Gasteiger partial charge in [-0.25, -0.2) is 9.59 Å². The average molecular weight is 1000 g/mol. The Balaban J connectivity index is 0.787. The molecule has 2 aliphatic heterocycles. The molecule has 3 heterocycles. The van der Waals surface area contributed by atoms with Crippen LogP contribution in [0.2, 0.25) is 0 Å². The molecule has 0 spiro atoms. The molecule has 1 aliphatic carbocycles. The van der Waals surface area contributed by atoms with Gasteiger partial charge >= 0.3 is 12.2 Å². The number of ether oxygens (including phenoxy) is 3. The van der Waals surface area contributed by atoms with E-state index in [1.54, 1.807) is 64.4 Å². The maximum atomic E-state index is 14.4. The number of rotatable bonds is 12. The third kappa shape index (κ3) is 10.3. The van der Waals surface area contributed by atoms with Gasteiger partial charge in [-0.2, -0.15) is 0 Å². The molecule has 6 aromatic carbocycles. The topological polar surface area (TPSA) is 175 Å². The Labute approximate surface area is 427 Å². The number of hydrogen-bond acceptors (Lipinski definition) is 9. The highest BCUT2D eigenvalue weighted by Gasteiger charge is 2.37. The van der Waals surface area contributed by atoms with E-state index in [1.807, 2.05) is 88.5 Å². The predicted molar refractivity (Wildman–Crippen MR) is 283 cm³/mol. The highest BCUT2D eigenvalue weighted by Crippen LogP contribution is 2.47. The Hall–Kier alpha value is -7.72. The van der Waals surface area contributed by atoms with Crippen LogP contribution in [0.15, 0.2) is 127 Å². The number of carbonyl (C=O) groups excluding carboxylic acids is 5. The van der Waals surface area contributed by atoms with Crippen molar-refractivity contribution < 1.29 is 38.2 Å². The molecule has 0 saturated carbocycles. The first kappa shape index (κ1) is 48.9. The summed E-state index contributed by atoms with van der Waals surface area (Å²) < 4.78 is 17.7. The number of amides is 5. The highest BCUT2D eigenvalue weighted by molar-refractivity contribution is 6.19. The fourth-order valence-electron chi connectivity index (χ4n) is 9.87. The number of aromatic amines is 1. The van der Waals surface area contributed by atoms with Gasteiger partial charge in [0.2, 0.25) is 5.91 Å². The number of hydrogen-bond donors (Lipinski definition) is 4. The lowest BCUT2D eigenvalue weighted by molar-refractivity contribution is -0.121. The van der Waals surface area contributed by atoms with Crippen LogP contribution < -0.4 is 25.6 Å². The average Bonchev–Trinajstić information content (AvgIpc) is 4.09. The summed E-state index contributed by atoms with van der Waals surface area (Å²) in [6, 6.07) is 37.9. The quantitative estimate of drug-likeness (QED) is 0.0869. The van der Waals surface area contributed by atoms with Gasteiger partial charge in [-0.05, 0) is 110 Å². The summed E-state index contributed by atoms with van der Waals surface area (Å²) in [6.45, 7) is 8.49. The lowest BCUT2D eigenvalue weighted by atomic mass is 9.95. The zero-order valence-corrected chi connectivity index (χ0v) is 41.8. The van der Waals surface area contributed by atoms with E-state index < -0.39 is 35.6 Å². The smallest absolute Gasteiger partial charge is 0.415 e. The number of H-pyrrole nitrogens is 1. The first-order valence-corrected chi connectivity index (χ1v) is 24.9. The van der Waals surface area contributed by atoms with E-state index in [-0.39, 0.29) is 36.8 Å². The maximum Gasteiger partial charge on any atom is 0.415 e. The number of halogens is 1. The highest BCUT2D eigenvalue weighted by atomic mass is 35.5. The van der Waals surface area contributed by atoms with Crippen LogP contribution in [0.5, 0.6) is 5.75 Å². The Morgan fingerprint density at radius 2 is 1.42 bits per heavy atom. The van der Waals surface area contributed by atoms with Crippen molar-refractivity contribution in [2.24, 2.45) is 0 Å².